The first-order valence-corrected chi connectivity index (χ1v) is 7.82. The van der Waals surface area contributed by atoms with E-state index in [9.17, 15) is 10.1 Å². The van der Waals surface area contributed by atoms with Gasteiger partial charge < -0.3 is 10.5 Å². The highest BCUT2D eigenvalue weighted by molar-refractivity contribution is 6.36. The molecule has 7 heteroatoms. The second-order valence-corrected chi connectivity index (χ2v) is 5.99. The third-order valence-electron chi connectivity index (χ3n) is 2.98. The number of primary amides is 1. The summed E-state index contributed by atoms with van der Waals surface area (Å²) < 4.78 is 5.17. The molecule has 2 aromatic rings. The zero-order valence-corrected chi connectivity index (χ0v) is 14.5. The van der Waals surface area contributed by atoms with Gasteiger partial charge in [0, 0.05) is 10.6 Å². The molecular weight excluding hydrogens is 371 g/mol. The number of halogens is 3. The Morgan fingerprint density at radius 2 is 1.92 bits per heavy atom. The summed E-state index contributed by atoms with van der Waals surface area (Å²) in [4.78, 5) is 10.7. The Bertz CT molecular complexity index is 857. The van der Waals surface area contributed by atoms with Gasteiger partial charge in [0.05, 0.1) is 21.7 Å². The van der Waals surface area contributed by atoms with E-state index in [0.717, 1.165) is 0 Å². The van der Waals surface area contributed by atoms with Crippen molar-refractivity contribution in [2.75, 3.05) is 6.61 Å². The van der Waals surface area contributed by atoms with Gasteiger partial charge >= 0.3 is 0 Å². The van der Waals surface area contributed by atoms with Crippen molar-refractivity contribution in [2.24, 2.45) is 5.73 Å². The van der Waals surface area contributed by atoms with Gasteiger partial charge in [0.1, 0.15) is 5.75 Å². The summed E-state index contributed by atoms with van der Waals surface area (Å²) >= 11 is 18.1. The topological polar surface area (TPSA) is 76.1 Å². The minimum Gasteiger partial charge on any atom is -0.482 e. The normalized spacial score (nSPS) is 11.0. The lowest BCUT2D eigenvalue weighted by atomic mass is 10.0. The average molecular weight is 382 g/mol. The maximum Gasteiger partial charge on any atom is 0.255 e. The second kappa shape index (κ2) is 8.07. The zero-order chi connectivity index (χ0) is 17.7. The molecule has 0 unspecified atom stereocenters. The molecule has 1 amide bonds. The fourth-order valence-corrected chi connectivity index (χ4v) is 2.67. The smallest absolute Gasteiger partial charge is 0.255 e. The van der Waals surface area contributed by atoms with Crippen molar-refractivity contribution in [1.82, 2.24) is 0 Å². The molecule has 0 aromatic heterocycles. The fraction of sp³-hybridized carbons (Fsp3) is 0.0588. The molecule has 24 heavy (non-hydrogen) atoms. The van der Waals surface area contributed by atoms with Gasteiger partial charge in [-0.2, -0.15) is 5.26 Å². The van der Waals surface area contributed by atoms with Crippen molar-refractivity contribution in [1.29, 1.82) is 5.26 Å². The molecule has 0 radical (unpaired) electrons. The largest absolute Gasteiger partial charge is 0.482 e. The number of hydrogen-bond acceptors (Lipinski definition) is 3. The van der Waals surface area contributed by atoms with Crippen LogP contribution in [0.3, 0.4) is 0 Å². The number of benzene rings is 2. The van der Waals surface area contributed by atoms with E-state index in [4.69, 9.17) is 45.3 Å². The Morgan fingerprint density at radius 3 is 2.50 bits per heavy atom. The van der Waals surface area contributed by atoms with Crippen LogP contribution in [0.25, 0.3) is 11.6 Å². The van der Waals surface area contributed by atoms with Crippen LogP contribution in [0.15, 0.2) is 36.4 Å². The molecule has 0 atom stereocenters. The van der Waals surface area contributed by atoms with E-state index in [1.165, 1.54) is 0 Å². The number of nitriles is 1. The molecule has 0 heterocycles. The first kappa shape index (κ1) is 18.2. The summed E-state index contributed by atoms with van der Waals surface area (Å²) in [5, 5.41) is 10.5. The van der Waals surface area contributed by atoms with E-state index in [-0.39, 0.29) is 6.61 Å². The van der Waals surface area contributed by atoms with Gasteiger partial charge in [-0.25, -0.2) is 0 Å². The van der Waals surface area contributed by atoms with Gasteiger partial charge in [-0.1, -0.05) is 46.9 Å². The monoisotopic (exact) mass is 380 g/mol. The standard InChI is InChI=1S/C17H11Cl3N2O2/c18-12-2-3-13(14(19)7-12)11(8-21)5-10-1-4-16(15(20)6-10)24-9-17(22)23/h1-7H,9H2,(H2,22,23). The minimum atomic E-state index is -0.598. The predicted molar refractivity (Wildman–Crippen MR) is 96.1 cm³/mol. The Morgan fingerprint density at radius 1 is 1.17 bits per heavy atom. The number of carbonyl (C=O) groups is 1. The van der Waals surface area contributed by atoms with Gasteiger partial charge in [0.25, 0.3) is 5.91 Å². The van der Waals surface area contributed by atoms with E-state index in [2.05, 4.69) is 6.07 Å². The van der Waals surface area contributed by atoms with E-state index in [0.29, 0.717) is 37.5 Å². The van der Waals surface area contributed by atoms with Crippen molar-refractivity contribution in [2.45, 2.75) is 0 Å². The molecular formula is C17H11Cl3N2O2. The lowest BCUT2D eigenvalue weighted by Gasteiger charge is -2.07. The Kier molecular flexibility index (Phi) is 6.10. The van der Waals surface area contributed by atoms with Gasteiger partial charge in [-0.05, 0) is 35.9 Å². The van der Waals surface area contributed by atoms with Crippen molar-refractivity contribution in [3.8, 4) is 11.8 Å². The summed E-state index contributed by atoms with van der Waals surface area (Å²) in [6.45, 7) is -0.265. The number of rotatable bonds is 5. The SMILES string of the molecule is N#CC(=Cc1ccc(OCC(N)=O)c(Cl)c1)c1ccc(Cl)cc1Cl. The van der Waals surface area contributed by atoms with Gasteiger partial charge in [-0.3, -0.25) is 4.79 Å². The highest BCUT2D eigenvalue weighted by atomic mass is 35.5. The van der Waals surface area contributed by atoms with Crippen molar-refractivity contribution < 1.29 is 9.53 Å². The van der Waals surface area contributed by atoms with Crippen LogP contribution in [0, 0.1) is 11.3 Å². The molecule has 2 aromatic carbocycles. The second-order valence-electron chi connectivity index (χ2n) is 4.74. The number of amides is 1. The van der Waals surface area contributed by atoms with Crippen molar-refractivity contribution in [3.63, 3.8) is 0 Å². The fourth-order valence-electron chi connectivity index (χ4n) is 1.92. The van der Waals surface area contributed by atoms with Gasteiger partial charge in [-0.15, -0.1) is 0 Å². The molecule has 4 nitrogen and oxygen atoms in total. The quantitative estimate of drug-likeness (QED) is 0.608. The van der Waals surface area contributed by atoms with Crippen molar-refractivity contribution >= 4 is 52.4 Å². The molecule has 0 aliphatic carbocycles. The summed E-state index contributed by atoms with van der Waals surface area (Å²) in [6.07, 6.45) is 1.64. The summed E-state index contributed by atoms with van der Waals surface area (Å²) in [6, 6.07) is 11.9. The van der Waals surface area contributed by atoms with Crippen LogP contribution in [-0.2, 0) is 4.79 Å². The Hall–Kier alpha value is -2.19. The minimum absolute atomic E-state index is 0.265. The molecule has 2 N–H and O–H groups in total. The summed E-state index contributed by atoms with van der Waals surface area (Å²) in [5.74, 6) is -0.269. The van der Waals surface area contributed by atoms with E-state index >= 15 is 0 Å². The lowest BCUT2D eigenvalue weighted by Crippen LogP contribution is -2.20. The highest BCUT2D eigenvalue weighted by Gasteiger charge is 2.09. The molecule has 2 rings (SSSR count). The zero-order valence-electron chi connectivity index (χ0n) is 12.2. The molecule has 0 spiro atoms. The van der Waals surface area contributed by atoms with Crippen LogP contribution in [0.2, 0.25) is 15.1 Å². The van der Waals surface area contributed by atoms with Crippen LogP contribution in [0.4, 0.5) is 0 Å². The predicted octanol–water partition coefficient (Wildman–Crippen LogP) is 4.58. The number of ether oxygens (including phenoxy) is 1. The molecule has 0 aliphatic rings. The average Bonchev–Trinajstić information content (AvgIpc) is 2.52. The van der Waals surface area contributed by atoms with Gasteiger partial charge in [0.15, 0.2) is 6.61 Å². The highest BCUT2D eigenvalue weighted by Crippen LogP contribution is 2.30. The third-order valence-corrected chi connectivity index (χ3v) is 3.82. The third kappa shape index (κ3) is 4.65. The van der Waals surface area contributed by atoms with Crippen LogP contribution < -0.4 is 10.5 Å². The maximum absolute atomic E-state index is 10.7. The Labute approximate surface area is 154 Å². The molecule has 0 fully saturated rings. The molecule has 0 saturated heterocycles. The van der Waals surface area contributed by atoms with Crippen LogP contribution in [0.5, 0.6) is 5.75 Å². The number of hydrogen-bond donors (Lipinski definition) is 1. The maximum atomic E-state index is 10.7. The van der Waals surface area contributed by atoms with Crippen molar-refractivity contribution in [3.05, 3.63) is 62.6 Å². The molecule has 0 bridgehead atoms. The van der Waals surface area contributed by atoms with Gasteiger partial charge in [0.2, 0.25) is 0 Å². The van der Waals surface area contributed by atoms with Crippen LogP contribution in [-0.4, -0.2) is 12.5 Å². The van der Waals surface area contributed by atoms with Crippen LogP contribution >= 0.6 is 34.8 Å². The number of carbonyl (C=O) groups excluding carboxylic acids is 1. The molecule has 0 aliphatic heterocycles. The van der Waals surface area contributed by atoms with E-state index in [1.807, 2.05) is 0 Å². The van der Waals surface area contributed by atoms with Crippen LogP contribution in [0.1, 0.15) is 11.1 Å². The van der Waals surface area contributed by atoms with E-state index in [1.54, 1.807) is 42.5 Å². The summed E-state index contributed by atoms with van der Waals surface area (Å²) in [5.41, 5.74) is 6.62. The number of nitrogens with two attached hydrogens (primary N) is 1. The summed E-state index contributed by atoms with van der Waals surface area (Å²) in [7, 11) is 0. The Balaban J connectivity index is 2.33. The van der Waals surface area contributed by atoms with E-state index < -0.39 is 5.91 Å². The molecule has 122 valence electrons. The molecule has 0 saturated carbocycles. The number of allylic oxidation sites excluding steroid dienone is 1. The first-order valence-electron chi connectivity index (χ1n) is 6.68. The first-order chi connectivity index (χ1) is 11.4. The lowest BCUT2D eigenvalue weighted by molar-refractivity contribution is -0.119. The number of nitrogens with zero attached hydrogens (tertiary/aromatic N) is 1.